The number of aromatic amines is 1. The fraction of sp³-hybridized carbons (Fsp3) is 0.636. The molecule has 3 heteroatoms. The summed E-state index contributed by atoms with van der Waals surface area (Å²) in [4.78, 5) is 19.2. The van der Waals surface area contributed by atoms with Gasteiger partial charge in [0, 0.05) is 11.5 Å². The van der Waals surface area contributed by atoms with Crippen molar-refractivity contribution in [1.82, 2.24) is 9.97 Å². The molecule has 0 saturated heterocycles. The van der Waals surface area contributed by atoms with E-state index in [1.807, 2.05) is 0 Å². The summed E-state index contributed by atoms with van der Waals surface area (Å²) < 4.78 is 0. The minimum atomic E-state index is 0.113. The molecule has 0 amide bonds. The average Bonchev–Trinajstić information content (AvgIpc) is 2.71. The number of nitrogens with one attached hydrogen (secondary N) is 1. The second-order valence-corrected chi connectivity index (χ2v) is 4.55. The number of rotatable bonds is 1. The third-order valence-corrected chi connectivity index (χ3v) is 3.42. The van der Waals surface area contributed by atoms with Gasteiger partial charge in [0.25, 0.3) is 5.56 Å². The van der Waals surface area contributed by atoms with Gasteiger partial charge in [0.05, 0.1) is 5.69 Å². The first-order valence-electron chi connectivity index (χ1n) is 5.37. The number of H-pyrrole nitrogens is 1. The van der Waals surface area contributed by atoms with E-state index in [9.17, 15) is 4.79 Å². The Morgan fingerprint density at radius 3 is 2.93 bits per heavy atom. The fourth-order valence-electron chi connectivity index (χ4n) is 2.34. The summed E-state index contributed by atoms with van der Waals surface area (Å²) >= 11 is 0. The summed E-state index contributed by atoms with van der Waals surface area (Å²) in [5.74, 6) is 2.16. The van der Waals surface area contributed by atoms with Gasteiger partial charge in [0.15, 0.2) is 0 Å². The number of hydrogen-bond acceptors (Lipinski definition) is 2. The van der Waals surface area contributed by atoms with Crippen LogP contribution < -0.4 is 5.56 Å². The van der Waals surface area contributed by atoms with Crippen molar-refractivity contribution in [3.63, 3.8) is 0 Å². The van der Waals surface area contributed by atoms with Crippen LogP contribution in [0.5, 0.6) is 0 Å². The van der Waals surface area contributed by atoms with Gasteiger partial charge in [-0.2, -0.15) is 0 Å². The van der Waals surface area contributed by atoms with Crippen molar-refractivity contribution in [3.05, 3.63) is 27.4 Å². The van der Waals surface area contributed by atoms with Crippen molar-refractivity contribution in [2.24, 2.45) is 5.92 Å². The Balaban J connectivity index is 2.08. The van der Waals surface area contributed by atoms with E-state index in [-0.39, 0.29) is 5.56 Å². The molecule has 0 aromatic carbocycles. The van der Waals surface area contributed by atoms with Crippen molar-refractivity contribution in [1.29, 1.82) is 0 Å². The maximum absolute atomic E-state index is 11.7. The first kappa shape index (κ1) is 8.21. The normalized spacial score (nSPS) is 28.9. The van der Waals surface area contributed by atoms with E-state index >= 15 is 0 Å². The predicted octanol–water partition coefficient (Wildman–Crippen LogP) is 1.38. The van der Waals surface area contributed by atoms with E-state index in [0.29, 0.717) is 11.8 Å². The summed E-state index contributed by atoms with van der Waals surface area (Å²) in [6.45, 7) is 2.21. The molecule has 2 unspecified atom stereocenters. The van der Waals surface area contributed by atoms with Gasteiger partial charge < -0.3 is 4.98 Å². The molecule has 1 N–H and O–H groups in total. The van der Waals surface area contributed by atoms with Crippen LogP contribution in [0.2, 0.25) is 0 Å². The molecule has 3 nitrogen and oxygen atoms in total. The molecule has 0 bridgehead atoms. The molecule has 14 heavy (non-hydrogen) atoms. The predicted molar refractivity (Wildman–Crippen MR) is 53.4 cm³/mol. The smallest absolute Gasteiger partial charge is 0.254 e. The van der Waals surface area contributed by atoms with Gasteiger partial charge >= 0.3 is 0 Å². The SMILES string of the molecule is CC1CC1c1nc2c(c(=O)[nH]1)CCC2. The molecule has 1 aromatic rings. The summed E-state index contributed by atoms with van der Waals surface area (Å²) in [7, 11) is 0. The number of nitrogens with zero attached hydrogens (tertiary/aromatic N) is 1. The van der Waals surface area contributed by atoms with Gasteiger partial charge in [-0.25, -0.2) is 4.98 Å². The molecule has 0 aliphatic heterocycles. The average molecular weight is 190 g/mol. The maximum atomic E-state index is 11.7. The third kappa shape index (κ3) is 1.11. The third-order valence-electron chi connectivity index (χ3n) is 3.42. The molecule has 1 saturated carbocycles. The molecule has 74 valence electrons. The molecule has 1 heterocycles. The van der Waals surface area contributed by atoms with Gasteiger partial charge in [0.2, 0.25) is 0 Å². The highest BCUT2D eigenvalue weighted by atomic mass is 16.1. The van der Waals surface area contributed by atoms with Gasteiger partial charge in [-0.3, -0.25) is 4.79 Å². The molecule has 2 aliphatic carbocycles. The van der Waals surface area contributed by atoms with Crippen molar-refractivity contribution in [2.45, 2.75) is 38.5 Å². The lowest BCUT2D eigenvalue weighted by molar-refractivity contribution is 0.813. The zero-order valence-electron chi connectivity index (χ0n) is 8.34. The van der Waals surface area contributed by atoms with E-state index in [1.54, 1.807) is 0 Å². The van der Waals surface area contributed by atoms with Gasteiger partial charge in [0.1, 0.15) is 5.82 Å². The minimum Gasteiger partial charge on any atom is -0.310 e. The first-order chi connectivity index (χ1) is 6.75. The maximum Gasteiger partial charge on any atom is 0.254 e. The van der Waals surface area contributed by atoms with Crippen LogP contribution in [0.4, 0.5) is 0 Å². The topological polar surface area (TPSA) is 45.8 Å². The van der Waals surface area contributed by atoms with E-state index in [0.717, 1.165) is 36.3 Å². The van der Waals surface area contributed by atoms with Crippen LogP contribution in [0, 0.1) is 5.92 Å². The Kier molecular flexibility index (Phi) is 1.58. The lowest BCUT2D eigenvalue weighted by Crippen LogP contribution is -2.16. The Morgan fingerprint density at radius 1 is 1.43 bits per heavy atom. The van der Waals surface area contributed by atoms with E-state index in [1.165, 1.54) is 6.42 Å². The van der Waals surface area contributed by atoms with Crippen LogP contribution in [0.3, 0.4) is 0 Å². The highest BCUT2D eigenvalue weighted by molar-refractivity contribution is 5.24. The van der Waals surface area contributed by atoms with E-state index in [4.69, 9.17) is 0 Å². The molecule has 0 spiro atoms. The molecule has 3 rings (SSSR count). The van der Waals surface area contributed by atoms with Crippen LogP contribution in [0.1, 0.15) is 42.8 Å². The van der Waals surface area contributed by atoms with E-state index in [2.05, 4.69) is 16.9 Å². The molecule has 2 atom stereocenters. The quantitative estimate of drug-likeness (QED) is 0.727. The van der Waals surface area contributed by atoms with Gasteiger partial charge in [-0.05, 0) is 31.6 Å². The van der Waals surface area contributed by atoms with Crippen LogP contribution in [-0.4, -0.2) is 9.97 Å². The molecular weight excluding hydrogens is 176 g/mol. The molecule has 1 fully saturated rings. The van der Waals surface area contributed by atoms with Crippen LogP contribution in [0.25, 0.3) is 0 Å². The van der Waals surface area contributed by atoms with Crippen LogP contribution in [0.15, 0.2) is 4.79 Å². The first-order valence-corrected chi connectivity index (χ1v) is 5.37. The van der Waals surface area contributed by atoms with Gasteiger partial charge in [-0.1, -0.05) is 6.92 Å². The minimum absolute atomic E-state index is 0.113. The number of fused-ring (bicyclic) bond motifs is 1. The highest BCUT2D eigenvalue weighted by Crippen LogP contribution is 2.45. The van der Waals surface area contributed by atoms with Crippen LogP contribution >= 0.6 is 0 Å². The monoisotopic (exact) mass is 190 g/mol. The van der Waals surface area contributed by atoms with Crippen molar-refractivity contribution >= 4 is 0 Å². The van der Waals surface area contributed by atoms with Crippen molar-refractivity contribution < 1.29 is 0 Å². The standard InChI is InChI=1S/C11H14N2O/c1-6-5-8(6)10-12-9-4-2-3-7(9)11(14)13-10/h6,8H,2-5H2,1H3,(H,12,13,14). The molecule has 1 aromatic heterocycles. The summed E-state index contributed by atoms with van der Waals surface area (Å²) in [5, 5.41) is 0. The summed E-state index contributed by atoms with van der Waals surface area (Å²) in [6.07, 6.45) is 4.18. The number of hydrogen-bond donors (Lipinski definition) is 1. The zero-order valence-corrected chi connectivity index (χ0v) is 8.34. The van der Waals surface area contributed by atoms with Gasteiger partial charge in [-0.15, -0.1) is 0 Å². The second-order valence-electron chi connectivity index (χ2n) is 4.55. The lowest BCUT2D eigenvalue weighted by atomic mass is 10.2. The largest absolute Gasteiger partial charge is 0.310 e. The molecular formula is C11H14N2O. The number of aromatic nitrogens is 2. The molecule has 0 radical (unpaired) electrons. The lowest BCUT2D eigenvalue weighted by Gasteiger charge is -2.01. The van der Waals surface area contributed by atoms with E-state index < -0.39 is 0 Å². The van der Waals surface area contributed by atoms with Crippen LogP contribution in [-0.2, 0) is 12.8 Å². The second kappa shape index (κ2) is 2.69. The Labute approximate surface area is 82.6 Å². The zero-order chi connectivity index (χ0) is 9.71. The Bertz CT molecular complexity index is 435. The van der Waals surface area contributed by atoms with Crippen molar-refractivity contribution in [3.8, 4) is 0 Å². The van der Waals surface area contributed by atoms with Crippen molar-refractivity contribution in [2.75, 3.05) is 0 Å². The Morgan fingerprint density at radius 2 is 2.21 bits per heavy atom. The highest BCUT2D eigenvalue weighted by Gasteiger charge is 2.37. The summed E-state index contributed by atoms with van der Waals surface area (Å²) in [6, 6.07) is 0. The molecule has 2 aliphatic rings. The summed E-state index contributed by atoms with van der Waals surface area (Å²) in [5.41, 5.74) is 2.10. The number of aryl methyl sites for hydroxylation is 1. The Hall–Kier alpha value is -1.12. The fourth-order valence-corrected chi connectivity index (χ4v) is 2.34.